The van der Waals surface area contributed by atoms with Gasteiger partial charge in [-0.3, -0.25) is 19.8 Å². The summed E-state index contributed by atoms with van der Waals surface area (Å²) in [6.07, 6.45) is -3.26. The lowest BCUT2D eigenvalue weighted by Crippen LogP contribution is -2.28. The summed E-state index contributed by atoms with van der Waals surface area (Å²) in [5, 5.41) is 11.4. The molecule has 4 rings (SSSR count). The van der Waals surface area contributed by atoms with Gasteiger partial charge in [-0.2, -0.15) is 13.2 Å². The van der Waals surface area contributed by atoms with Gasteiger partial charge in [0.1, 0.15) is 5.82 Å². The van der Waals surface area contributed by atoms with E-state index in [1.807, 2.05) is 0 Å². The number of nitro benzene ring substituents is 1. The third kappa shape index (κ3) is 5.63. The second kappa shape index (κ2) is 10.8. The molecule has 1 aliphatic heterocycles. The zero-order valence-electron chi connectivity index (χ0n) is 19.3. The Morgan fingerprint density at radius 3 is 2.45 bits per heavy atom. The fourth-order valence-corrected chi connectivity index (χ4v) is 4.75. The summed E-state index contributed by atoms with van der Waals surface area (Å²) in [7, 11) is 0. The van der Waals surface area contributed by atoms with Gasteiger partial charge in [-0.15, -0.1) is 0 Å². The maximum Gasteiger partial charge on any atom is 0.416 e. The van der Waals surface area contributed by atoms with Crippen molar-refractivity contribution in [3.05, 3.63) is 92.6 Å². The number of nitro groups is 1. The van der Waals surface area contributed by atoms with Gasteiger partial charge < -0.3 is 9.47 Å². The third-order valence-corrected chi connectivity index (χ3v) is 6.46. The monoisotopic (exact) mass is 564 g/mol. The number of hydrogen-bond donors (Lipinski definition) is 0. The predicted molar refractivity (Wildman–Crippen MR) is 138 cm³/mol. The molecule has 0 aliphatic carbocycles. The molecule has 0 unspecified atom stereocenters. The highest BCUT2D eigenvalue weighted by molar-refractivity contribution is 8.27. The number of thiocarbonyl (C=S) groups is 1. The van der Waals surface area contributed by atoms with Crippen molar-refractivity contribution in [3.63, 3.8) is 0 Å². The molecule has 0 atom stereocenters. The lowest BCUT2D eigenvalue weighted by atomic mass is 10.1. The van der Waals surface area contributed by atoms with Crippen LogP contribution in [0.1, 0.15) is 18.1 Å². The number of para-hydroxylation sites is 1. The number of amides is 1. The maximum absolute atomic E-state index is 14.3. The van der Waals surface area contributed by atoms with Crippen LogP contribution < -0.4 is 14.4 Å². The number of nitrogens with zero attached hydrogens (tertiary/aromatic N) is 2. The number of halogens is 4. The number of benzene rings is 3. The first-order chi connectivity index (χ1) is 18.0. The van der Waals surface area contributed by atoms with Crippen molar-refractivity contribution in [2.24, 2.45) is 0 Å². The van der Waals surface area contributed by atoms with Crippen LogP contribution in [0.3, 0.4) is 0 Å². The van der Waals surface area contributed by atoms with E-state index in [0.29, 0.717) is 17.7 Å². The second-order valence-corrected chi connectivity index (χ2v) is 9.32. The van der Waals surface area contributed by atoms with Crippen LogP contribution in [-0.4, -0.2) is 21.8 Å². The van der Waals surface area contributed by atoms with Gasteiger partial charge in [0.2, 0.25) is 5.75 Å². The number of carbonyl (C=O) groups excluding carboxylic acids is 1. The van der Waals surface area contributed by atoms with Crippen molar-refractivity contribution in [2.75, 3.05) is 11.5 Å². The Labute approximate surface area is 222 Å². The lowest BCUT2D eigenvalue weighted by molar-refractivity contribution is -0.385. The molecule has 0 N–H and O–H groups in total. The van der Waals surface area contributed by atoms with E-state index in [9.17, 15) is 32.5 Å². The van der Waals surface area contributed by atoms with Crippen molar-refractivity contribution >= 4 is 51.7 Å². The van der Waals surface area contributed by atoms with Crippen LogP contribution in [0.4, 0.5) is 28.9 Å². The molecule has 1 amide bonds. The van der Waals surface area contributed by atoms with Crippen molar-refractivity contribution in [2.45, 2.75) is 13.1 Å². The minimum Gasteiger partial charge on any atom is -0.490 e. The molecule has 1 fully saturated rings. The molecule has 1 heterocycles. The quantitative estimate of drug-likeness (QED) is 0.0976. The molecule has 0 spiro atoms. The number of alkyl halides is 3. The molecule has 0 saturated carbocycles. The Hall–Kier alpha value is -3.97. The normalized spacial score (nSPS) is 14.8. The molecule has 3 aromatic rings. The fourth-order valence-electron chi connectivity index (χ4n) is 3.47. The summed E-state index contributed by atoms with van der Waals surface area (Å²) in [6.45, 7) is 1.85. The molecule has 38 heavy (non-hydrogen) atoms. The summed E-state index contributed by atoms with van der Waals surface area (Å²) >= 11 is 6.25. The van der Waals surface area contributed by atoms with Gasteiger partial charge in [-0.1, -0.05) is 42.2 Å². The first-order valence-electron chi connectivity index (χ1n) is 10.8. The Morgan fingerprint density at radius 2 is 1.79 bits per heavy atom. The average molecular weight is 565 g/mol. The van der Waals surface area contributed by atoms with E-state index in [1.165, 1.54) is 42.5 Å². The van der Waals surface area contributed by atoms with Crippen molar-refractivity contribution in [3.8, 4) is 17.2 Å². The zero-order valence-corrected chi connectivity index (χ0v) is 21.0. The van der Waals surface area contributed by atoms with E-state index in [1.54, 1.807) is 13.0 Å². The number of rotatable bonds is 7. The van der Waals surface area contributed by atoms with Crippen LogP contribution in [0.2, 0.25) is 0 Å². The first-order valence-corrected chi connectivity index (χ1v) is 12.0. The summed E-state index contributed by atoms with van der Waals surface area (Å²) in [4.78, 5) is 24.7. The molecule has 0 radical (unpaired) electrons. The summed E-state index contributed by atoms with van der Waals surface area (Å²) < 4.78 is 64.6. The minimum atomic E-state index is -4.77. The van der Waals surface area contributed by atoms with E-state index < -0.39 is 39.8 Å². The molecular formula is C25H16F4N2O5S2. The van der Waals surface area contributed by atoms with Gasteiger partial charge in [0.25, 0.3) is 5.91 Å². The van der Waals surface area contributed by atoms with E-state index in [0.717, 1.165) is 22.7 Å². The molecule has 1 saturated heterocycles. The van der Waals surface area contributed by atoms with Crippen molar-refractivity contribution in [1.82, 2.24) is 0 Å². The SMILES string of the molecule is CCOc1cc(/C=C2\SC(=S)N(c3ccccc3F)C2=O)ccc1Oc1ccc(C(F)(F)F)cc1[N+](=O)[O-]. The van der Waals surface area contributed by atoms with Crippen molar-refractivity contribution in [1.29, 1.82) is 0 Å². The van der Waals surface area contributed by atoms with Crippen molar-refractivity contribution < 1.29 is 36.8 Å². The van der Waals surface area contributed by atoms with Gasteiger partial charge in [0.05, 0.1) is 27.7 Å². The molecular weight excluding hydrogens is 548 g/mol. The molecule has 0 aromatic heterocycles. The summed E-state index contributed by atoms with van der Waals surface area (Å²) in [6, 6.07) is 12.0. The van der Waals surface area contributed by atoms with Gasteiger partial charge in [0, 0.05) is 6.07 Å². The number of hydrogen-bond acceptors (Lipinski definition) is 7. The van der Waals surface area contributed by atoms with Crippen LogP contribution in [0.5, 0.6) is 17.2 Å². The van der Waals surface area contributed by atoms with Crippen LogP contribution >= 0.6 is 24.0 Å². The van der Waals surface area contributed by atoms with Crippen LogP contribution in [-0.2, 0) is 11.0 Å². The second-order valence-electron chi connectivity index (χ2n) is 7.65. The highest BCUT2D eigenvalue weighted by Crippen LogP contribution is 2.41. The Morgan fingerprint density at radius 1 is 1.08 bits per heavy atom. The first kappa shape index (κ1) is 27.1. The number of anilines is 1. The van der Waals surface area contributed by atoms with Gasteiger partial charge in [-0.05, 0) is 55.0 Å². The molecule has 0 bridgehead atoms. The van der Waals surface area contributed by atoms with E-state index >= 15 is 0 Å². The zero-order chi connectivity index (χ0) is 27.6. The van der Waals surface area contributed by atoms with Gasteiger partial charge in [-0.25, -0.2) is 4.39 Å². The highest BCUT2D eigenvalue weighted by Gasteiger charge is 2.35. The Bertz CT molecular complexity index is 1480. The summed E-state index contributed by atoms with van der Waals surface area (Å²) in [5.41, 5.74) is -1.57. The van der Waals surface area contributed by atoms with E-state index in [-0.39, 0.29) is 33.0 Å². The lowest BCUT2D eigenvalue weighted by Gasteiger charge is -2.15. The third-order valence-electron chi connectivity index (χ3n) is 5.16. The smallest absolute Gasteiger partial charge is 0.416 e. The van der Waals surface area contributed by atoms with Gasteiger partial charge >= 0.3 is 11.9 Å². The average Bonchev–Trinajstić information content (AvgIpc) is 3.13. The molecule has 1 aliphatic rings. The standard InChI is InChI=1S/C25H16F4N2O5S2/c1-2-35-21-11-14(12-22-23(32)30(24(37)38-22)17-6-4-3-5-16(17)26)7-9-20(21)36-19-10-8-15(25(27,28)29)13-18(19)31(33)34/h3-13H,2H2,1H3/b22-12-. The Balaban J connectivity index is 1.65. The maximum atomic E-state index is 14.3. The number of thioether (sulfide) groups is 1. The van der Waals surface area contributed by atoms with Gasteiger partial charge in [0.15, 0.2) is 15.8 Å². The van der Waals surface area contributed by atoms with Crippen LogP contribution in [0.25, 0.3) is 6.08 Å². The highest BCUT2D eigenvalue weighted by atomic mass is 32.2. The molecule has 13 heteroatoms. The number of ether oxygens (including phenoxy) is 2. The van der Waals surface area contributed by atoms with E-state index in [2.05, 4.69) is 0 Å². The molecule has 196 valence electrons. The van der Waals surface area contributed by atoms with E-state index in [4.69, 9.17) is 21.7 Å². The topological polar surface area (TPSA) is 81.9 Å². The summed E-state index contributed by atoms with van der Waals surface area (Å²) in [5.74, 6) is -1.42. The predicted octanol–water partition coefficient (Wildman–Crippen LogP) is 7.35. The Kier molecular flexibility index (Phi) is 7.69. The minimum absolute atomic E-state index is 0.00534. The fraction of sp³-hybridized carbons (Fsp3) is 0.120. The number of carbonyl (C=O) groups is 1. The van der Waals surface area contributed by atoms with Crippen LogP contribution in [0, 0.1) is 15.9 Å². The van der Waals surface area contributed by atoms with Crippen LogP contribution in [0.15, 0.2) is 65.6 Å². The molecule has 7 nitrogen and oxygen atoms in total. The molecule has 3 aromatic carbocycles. The largest absolute Gasteiger partial charge is 0.490 e.